The molecule has 0 atom stereocenters. The van der Waals surface area contributed by atoms with E-state index in [0.29, 0.717) is 43.4 Å². The highest BCUT2D eigenvalue weighted by molar-refractivity contribution is 5.95. The first-order chi connectivity index (χ1) is 14.3. The van der Waals surface area contributed by atoms with Crippen LogP contribution < -0.4 is 0 Å². The minimum absolute atomic E-state index is 0.00133. The minimum Gasteiger partial charge on any atom is -0.335 e. The number of fused-ring (bicyclic) bond motifs is 1. The van der Waals surface area contributed by atoms with Crippen LogP contribution in [0.25, 0.3) is 5.78 Å². The fourth-order valence-electron chi connectivity index (χ4n) is 3.70. The van der Waals surface area contributed by atoms with E-state index in [1.54, 1.807) is 14.3 Å². The summed E-state index contributed by atoms with van der Waals surface area (Å²) in [6, 6.07) is 9.67. The van der Waals surface area contributed by atoms with E-state index in [4.69, 9.17) is 0 Å². The molecule has 0 spiro atoms. The first-order valence-corrected chi connectivity index (χ1v) is 10.2. The van der Waals surface area contributed by atoms with Crippen LogP contribution in [0.3, 0.4) is 0 Å². The zero-order chi connectivity index (χ0) is 21.4. The van der Waals surface area contributed by atoms with E-state index in [1.165, 1.54) is 5.56 Å². The van der Waals surface area contributed by atoms with Gasteiger partial charge in [0.05, 0.1) is 0 Å². The highest BCUT2D eigenvalue weighted by Gasteiger charge is 2.28. The van der Waals surface area contributed by atoms with Crippen LogP contribution in [0.15, 0.2) is 30.3 Å². The summed E-state index contributed by atoms with van der Waals surface area (Å²) in [5.74, 6) is 0.763. The predicted octanol–water partition coefficient (Wildman–Crippen LogP) is 2.46. The molecule has 2 amide bonds. The van der Waals surface area contributed by atoms with Crippen molar-refractivity contribution in [2.45, 2.75) is 33.6 Å². The van der Waals surface area contributed by atoms with Gasteiger partial charge in [0.1, 0.15) is 0 Å². The van der Waals surface area contributed by atoms with Gasteiger partial charge in [0.25, 0.3) is 17.6 Å². The van der Waals surface area contributed by atoms with Gasteiger partial charge in [-0.2, -0.15) is 4.98 Å². The molecule has 0 unspecified atom stereocenters. The van der Waals surface area contributed by atoms with E-state index in [0.717, 1.165) is 11.4 Å². The summed E-state index contributed by atoms with van der Waals surface area (Å²) in [6.45, 7) is 9.93. The van der Waals surface area contributed by atoms with Crippen LogP contribution in [0.5, 0.6) is 0 Å². The van der Waals surface area contributed by atoms with E-state index in [-0.39, 0.29) is 17.6 Å². The molecule has 8 nitrogen and oxygen atoms in total. The van der Waals surface area contributed by atoms with Crippen molar-refractivity contribution < 1.29 is 9.59 Å². The summed E-state index contributed by atoms with van der Waals surface area (Å²) in [4.78, 5) is 37.8. The molecule has 2 aromatic heterocycles. The molecule has 0 N–H and O–H groups in total. The summed E-state index contributed by atoms with van der Waals surface area (Å²) in [5, 5.41) is 4.32. The van der Waals surface area contributed by atoms with E-state index in [2.05, 4.69) is 28.9 Å². The standard InChI is InChI=1S/C22H26N6O2/c1-14(2)17-5-7-18(8-6-17)20(29)26-9-11-27(12-10-26)21(30)19-24-22-23-15(3)13-16(4)28(22)25-19/h5-8,13-14H,9-12H2,1-4H3. The van der Waals surface area contributed by atoms with E-state index < -0.39 is 0 Å². The second kappa shape index (κ2) is 7.85. The number of piperazine rings is 1. The van der Waals surface area contributed by atoms with Gasteiger partial charge in [-0.25, -0.2) is 9.50 Å². The predicted molar refractivity (Wildman–Crippen MR) is 113 cm³/mol. The Bertz CT molecular complexity index is 1090. The fourth-order valence-corrected chi connectivity index (χ4v) is 3.70. The van der Waals surface area contributed by atoms with Crippen LogP contribution in [0.4, 0.5) is 0 Å². The highest BCUT2D eigenvalue weighted by Crippen LogP contribution is 2.17. The lowest BCUT2D eigenvalue weighted by Gasteiger charge is -2.34. The lowest BCUT2D eigenvalue weighted by molar-refractivity contribution is 0.0529. The van der Waals surface area contributed by atoms with E-state index >= 15 is 0 Å². The van der Waals surface area contributed by atoms with Gasteiger partial charge in [-0.05, 0) is 43.5 Å². The SMILES string of the molecule is Cc1cc(C)n2nc(C(=O)N3CCN(C(=O)c4ccc(C(C)C)cc4)CC3)nc2n1. The molecule has 1 saturated heterocycles. The number of amides is 2. The van der Waals surface area contributed by atoms with Crippen LogP contribution in [0.2, 0.25) is 0 Å². The quantitative estimate of drug-likeness (QED) is 0.667. The Labute approximate surface area is 175 Å². The maximum atomic E-state index is 12.9. The molecule has 30 heavy (non-hydrogen) atoms. The summed E-state index contributed by atoms with van der Waals surface area (Å²) >= 11 is 0. The first kappa shape index (κ1) is 20.0. The summed E-state index contributed by atoms with van der Waals surface area (Å²) in [6.07, 6.45) is 0. The molecule has 0 bridgehead atoms. The summed E-state index contributed by atoms with van der Waals surface area (Å²) in [5.41, 5.74) is 3.60. The zero-order valence-electron chi connectivity index (χ0n) is 17.8. The molecule has 8 heteroatoms. The number of aryl methyl sites for hydroxylation is 2. The third kappa shape index (κ3) is 3.77. The van der Waals surface area contributed by atoms with Crippen molar-refractivity contribution in [3.63, 3.8) is 0 Å². The maximum absolute atomic E-state index is 12.9. The maximum Gasteiger partial charge on any atom is 0.293 e. The average Bonchev–Trinajstić information content (AvgIpc) is 3.17. The third-order valence-electron chi connectivity index (χ3n) is 5.49. The van der Waals surface area contributed by atoms with Gasteiger partial charge < -0.3 is 9.80 Å². The number of carbonyl (C=O) groups is 2. The van der Waals surface area contributed by atoms with Gasteiger partial charge in [0, 0.05) is 43.1 Å². The van der Waals surface area contributed by atoms with Crippen molar-refractivity contribution in [2.24, 2.45) is 0 Å². The number of hydrogen-bond acceptors (Lipinski definition) is 5. The smallest absolute Gasteiger partial charge is 0.293 e. The molecule has 4 rings (SSSR count). The Morgan fingerprint density at radius 2 is 1.50 bits per heavy atom. The molecule has 156 valence electrons. The van der Waals surface area contributed by atoms with Crippen LogP contribution in [-0.2, 0) is 0 Å². The summed E-state index contributed by atoms with van der Waals surface area (Å²) in [7, 11) is 0. The van der Waals surface area contributed by atoms with Crippen molar-refractivity contribution in [3.05, 3.63) is 58.7 Å². The van der Waals surface area contributed by atoms with Crippen LogP contribution in [0, 0.1) is 13.8 Å². The highest BCUT2D eigenvalue weighted by atomic mass is 16.2. The van der Waals surface area contributed by atoms with E-state index in [1.807, 2.05) is 44.2 Å². The number of benzene rings is 1. The molecule has 3 heterocycles. The number of hydrogen-bond donors (Lipinski definition) is 0. The molecular weight excluding hydrogens is 380 g/mol. The Hall–Kier alpha value is -3.29. The molecule has 0 aliphatic carbocycles. The second-order valence-corrected chi connectivity index (χ2v) is 8.05. The number of nitrogens with zero attached hydrogens (tertiary/aromatic N) is 6. The largest absolute Gasteiger partial charge is 0.335 e. The average molecular weight is 406 g/mol. The lowest BCUT2D eigenvalue weighted by Crippen LogP contribution is -2.50. The van der Waals surface area contributed by atoms with Gasteiger partial charge in [0.15, 0.2) is 0 Å². The van der Waals surface area contributed by atoms with Crippen molar-refractivity contribution in [3.8, 4) is 0 Å². The van der Waals surface area contributed by atoms with Gasteiger partial charge >= 0.3 is 0 Å². The molecule has 1 fully saturated rings. The van der Waals surface area contributed by atoms with Crippen molar-refractivity contribution in [1.82, 2.24) is 29.4 Å². The molecule has 0 saturated carbocycles. The second-order valence-electron chi connectivity index (χ2n) is 8.05. The van der Waals surface area contributed by atoms with E-state index in [9.17, 15) is 9.59 Å². The zero-order valence-corrected chi connectivity index (χ0v) is 17.8. The summed E-state index contributed by atoms with van der Waals surface area (Å²) < 4.78 is 1.58. The molecule has 3 aromatic rings. The van der Waals surface area contributed by atoms with Crippen LogP contribution in [-0.4, -0.2) is 67.4 Å². The van der Waals surface area contributed by atoms with Crippen molar-refractivity contribution >= 4 is 17.6 Å². The van der Waals surface area contributed by atoms with Gasteiger partial charge in [0.2, 0.25) is 5.82 Å². The Morgan fingerprint density at radius 3 is 2.10 bits per heavy atom. The van der Waals surface area contributed by atoms with Crippen molar-refractivity contribution in [1.29, 1.82) is 0 Å². The minimum atomic E-state index is -0.231. The normalized spacial score (nSPS) is 14.6. The lowest BCUT2D eigenvalue weighted by atomic mass is 10.0. The Morgan fingerprint density at radius 1 is 0.900 bits per heavy atom. The van der Waals surface area contributed by atoms with Crippen molar-refractivity contribution in [2.75, 3.05) is 26.2 Å². The molecule has 1 aliphatic rings. The molecule has 1 aromatic carbocycles. The molecule has 1 aliphatic heterocycles. The third-order valence-corrected chi connectivity index (χ3v) is 5.49. The monoisotopic (exact) mass is 406 g/mol. The molecule has 0 radical (unpaired) electrons. The fraction of sp³-hybridized carbons (Fsp3) is 0.409. The topological polar surface area (TPSA) is 83.7 Å². The first-order valence-electron chi connectivity index (χ1n) is 10.2. The molecular formula is C22H26N6O2. The van der Waals surface area contributed by atoms with Gasteiger partial charge in [-0.3, -0.25) is 9.59 Å². The van der Waals surface area contributed by atoms with Crippen LogP contribution in [0.1, 0.15) is 57.7 Å². The Kier molecular flexibility index (Phi) is 5.24. The number of rotatable bonds is 3. The van der Waals surface area contributed by atoms with Gasteiger partial charge in [-0.15, -0.1) is 5.10 Å². The number of carbonyl (C=O) groups excluding carboxylic acids is 2. The van der Waals surface area contributed by atoms with Crippen LogP contribution >= 0.6 is 0 Å². The Balaban J connectivity index is 1.42. The van der Waals surface area contributed by atoms with Gasteiger partial charge in [-0.1, -0.05) is 26.0 Å². The number of aromatic nitrogens is 4.